The summed E-state index contributed by atoms with van der Waals surface area (Å²) in [6.45, 7) is -3.13. The molecule has 1 amide bonds. The number of hydrogen-bond donors (Lipinski definition) is 1. The zero-order valence-electron chi connectivity index (χ0n) is 25.3. The van der Waals surface area contributed by atoms with Gasteiger partial charge >= 0.3 is 18.4 Å². The van der Waals surface area contributed by atoms with Crippen molar-refractivity contribution >= 4 is 17.6 Å². The molecule has 3 aromatic carbocycles. The summed E-state index contributed by atoms with van der Waals surface area (Å²) in [4.78, 5) is 25.3. The van der Waals surface area contributed by atoms with Crippen LogP contribution in [0.2, 0.25) is 0 Å². The molecule has 0 saturated heterocycles. The van der Waals surface area contributed by atoms with Gasteiger partial charge in [-0.2, -0.15) is 18.3 Å². The van der Waals surface area contributed by atoms with Gasteiger partial charge in [-0.15, -0.1) is 8.78 Å². The van der Waals surface area contributed by atoms with Crippen LogP contribution in [0.3, 0.4) is 0 Å². The number of carboxylic acids is 1. The first kappa shape index (κ1) is 25.4. The molecule has 0 bridgehead atoms. The van der Waals surface area contributed by atoms with Crippen molar-refractivity contribution in [3.63, 3.8) is 0 Å². The summed E-state index contributed by atoms with van der Waals surface area (Å²) >= 11 is 0. The van der Waals surface area contributed by atoms with Gasteiger partial charge in [-0.3, -0.25) is 4.79 Å². The maximum atomic E-state index is 14.2. The number of aromatic carboxylic acids is 1. The molecule has 228 valence electrons. The quantitative estimate of drug-likeness (QED) is 0.242. The van der Waals surface area contributed by atoms with E-state index in [1.165, 1.54) is 42.5 Å². The Morgan fingerprint density at radius 3 is 2.52 bits per heavy atom. The van der Waals surface area contributed by atoms with Gasteiger partial charge in [0.15, 0.2) is 17.2 Å². The minimum atomic E-state index is -4.85. The third-order valence-corrected chi connectivity index (χ3v) is 7.05. The van der Waals surface area contributed by atoms with E-state index in [1.54, 1.807) is 0 Å². The minimum absolute atomic E-state index is 0.0163. The van der Waals surface area contributed by atoms with E-state index in [4.69, 9.17) is 8.85 Å². The van der Waals surface area contributed by atoms with E-state index in [0.29, 0.717) is 11.3 Å². The number of amides is 1. The van der Waals surface area contributed by atoms with Crippen LogP contribution in [0.1, 0.15) is 60.7 Å². The van der Waals surface area contributed by atoms with Crippen molar-refractivity contribution in [1.29, 1.82) is 0 Å². The molecular formula is C30H22F5N3O6. The lowest BCUT2D eigenvalue weighted by atomic mass is 9.92. The number of rotatable bonds is 6. The largest absolute Gasteiger partial charge is 0.586 e. The number of hydrogen-bond acceptors (Lipinski definition) is 6. The van der Waals surface area contributed by atoms with Crippen LogP contribution >= 0.6 is 0 Å². The predicted octanol–water partition coefficient (Wildman–Crippen LogP) is 6.64. The molecule has 1 aromatic heterocycles. The van der Waals surface area contributed by atoms with Crippen LogP contribution in [0.15, 0.2) is 66.7 Å². The number of anilines is 1. The van der Waals surface area contributed by atoms with Gasteiger partial charge in [0.05, 0.1) is 16.9 Å². The van der Waals surface area contributed by atoms with Gasteiger partial charge in [0, 0.05) is 34.0 Å². The number of benzene rings is 3. The van der Waals surface area contributed by atoms with E-state index in [1.807, 2.05) is 0 Å². The number of aromatic nitrogens is 2. The van der Waals surface area contributed by atoms with Crippen LogP contribution in [0.5, 0.6) is 17.2 Å². The molecule has 4 aromatic rings. The SMILES string of the molecule is [2H]C([2H])([2H])N(C(=O)c1cccc(-n2nc(C(F)(F)F)c3c2C(Oc2ccc(C(=O)O)cc2)CCC3)c1)c1ccc2c(c1)OC(F)(F)O2. The highest BCUT2D eigenvalue weighted by molar-refractivity contribution is 6.06. The number of nitrogens with zero attached hydrogens (tertiary/aromatic N) is 3. The van der Waals surface area contributed by atoms with Crippen LogP contribution in [-0.4, -0.2) is 40.0 Å². The molecule has 1 aliphatic carbocycles. The fourth-order valence-electron chi connectivity index (χ4n) is 5.12. The first-order chi connectivity index (χ1) is 22.0. The summed E-state index contributed by atoms with van der Waals surface area (Å²) in [6, 6.07) is 13.4. The summed E-state index contributed by atoms with van der Waals surface area (Å²) in [5.41, 5.74) is -1.85. The highest BCUT2D eigenvalue weighted by Gasteiger charge is 2.44. The van der Waals surface area contributed by atoms with Gasteiger partial charge in [-0.1, -0.05) is 6.07 Å². The zero-order valence-corrected chi connectivity index (χ0v) is 22.3. The van der Waals surface area contributed by atoms with Crippen LogP contribution in [0.25, 0.3) is 5.69 Å². The zero-order chi connectivity index (χ0) is 33.9. The van der Waals surface area contributed by atoms with Crippen LogP contribution in [0, 0.1) is 0 Å². The van der Waals surface area contributed by atoms with Crippen molar-refractivity contribution in [3.8, 4) is 22.9 Å². The second kappa shape index (κ2) is 10.5. The molecule has 1 unspecified atom stereocenters. The number of ether oxygens (including phenoxy) is 3. The van der Waals surface area contributed by atoms with Crippen molar-refractivity contribution in [3.05, 3.63) is 94.8 Å². The summed E-state index contributed by atoms with van der Waals surface area (Å²) in [7, 11) is 0. The van der Waals surface area contributed by atoms with Crippen molar-refractivity contribution in [2.75, 3.05) is 11.9 Å². The number of carbonyl (C=O) groups excluding carboxylic acids is 1. The van der Waals surface area contributed by atoms with E-state index < -0.39 is 48.9 Å². The topological polar surface area (TPSA) is 103 Å². The molecule has 1 aliphatic heterocycles. The molecule has 6 rings (SSSR count). The fourth-order valence-corrected chi connectivity index (χ4v) is 5.12. The van der Waals surface area contributed by atoms with Crippen LogP contribution in [0.4, 0.5) is 27.6 Å². The number of fused-ring (bicyclic) bond motifs is 2. The fraction of sp³-hybridized carbons (Fsp3) is 0.233. The molecule has 0 fully saturated rings. The summed E-state index contributed by atoms with van der Waals surface area (Å²) in [5, 5.41) is 13.0. The molecule has 44 heavy (non-hydrogen) atoms. The molecule has 0 radical (unpaired) electrons. The van der Waals surface area contributed by atoms with Gasteiger partial charge in [-0.25, -0.2) is 9.48 Å². The second-order valence-electron chi connectivity index (χ2n) is 9.94. The smallest absolute Gasteiger partial charge is 0.484 e. The van der Waals surface area contributed by atoms with E-state index in [2.05, 4.69) is 14.6 Å². The minimum Gasteiger partial charge on any atom is -0.484 e. The van der Waals surface area contributed by atoms with E-state index in [9.17, 15) is 36.6 Å². The maximum absolute atomic E-state index is 14.2. The Labute approximate surface area is 250 Å². The first-order valence-electron chi connectivity index (χ1n) is 14.6. The summed E-state index contributed by atoms with van der Waals surface area (Å²) in [5.74, 6) is -2.98. The van der Waals surface area contributed by atoms with E-state index in [-0.39, 0.29) is 58.1 Å². The standard InChI is InChI=1S/C30H22F5N3O6/c1-37(18-10-13-22-24(15-18)44-30(34,35)43-22)27(39)17-4-2-5-19(14-17)38-25-21(26(36-38)29(31,32)33)6-3-7-23(25)42-20-11-8-16(9-12-20)28(40)41/h2,4-5,8-15,23H,3,6-7H2,1H3,(H,40,41)/i1D3. The summed E-state index contributed by atoms with van der Waals surface area (Å²) in [6.07, 6.45) is -9.16. The third-order valence-electron chi connectivity index (χ3n) is 7.05. The molecule has 0 saturated carbocycles. The summed E-state index contributed by atoms with van der Waals surface area (Å²) < 4.78 is 109. The number of carbonyl (C=O) groups is 2. The molecule has 1 atom stereocenters. The molecule has 2 heterocycles. The van der Waals surface area contributed by atoms with Crippen LogP contribution < -0.4 is 19.1 Å². The predicted molar refractivity (Wildman–Crippen MR) is 144 cm³/mol. The van der Waals surface area contributed by atoms with Crippen LogP contribution in [-0.2, 0) is 12.6 Å². The number of halogens is 5. The van der Waals surface area contributed by atoms with Crippen molar-refractivity contribution in [1.82, 2.24) is 9.78 Å². The van der Waals surface area contributed by atoms with Gasteiger partial charge < -0.3 is 24.2 Å². The lowest BCUT2D eigenvalue weighted by molar-refractivity contribution is -0.286. The average molecular weight is 619 g/mol. The van der Waals surface area contributed by atoms with E-state index >= 15 is 0 Å². The molecule has 0 spiro atoms. The second-order valence-corrected chi connectivity index (χ2v) is 9.94. The van der Waals surface area contributed by atoms with Gasteiger partial charge in [0.1, 0.15) is 11.9 Å². The number of alkyl halides is 5. The Morgan fingerprint density at radius 1 is 1.07 bits per heavy atom. The van der Waals surface area contributed by atoms with E-state index in [0.717, 1.165) is 28.9 Å². The molecule has 14 heteroatoms. The Balaban J connectivity index is 1.39. The lowest BCUT2D eigenvalue weighted by Gasteiger charge is -2.26. The monoisotopic (exact) mass is 618 g/mol. The maximum Gasteiger partial charge on any atom is 0.586 e. The molecular weight excluding hydrogens is 593 g/mol. The highest BCUT2D eigenvalue weighted by Crippen LogP contribution is 2.44. The Kier molecular flexibility index (Phi) is 6.08. The van der Waals surface area contributed by atoms with Crippen molar-refractivity contribution in [2.45, 2.75) is 37.8 Å². The van der Waals surface area contributed by atoms with Gasteiger partial charge in [0.2, 0.25) is 0 Å². The van der Waals surface area contributed by atoms with Crippen molar-refractivity contribution in [2.24, 2.45) is 0 Å². The normalized spacial score (nSPS) is 18.0. The Bertz CT molecular complexity index is 1880. The Hall–Kier alpha value is -5.14. The van der Waals surface area contributed by atoms with Gasteiger partial charge in [0.25, 0.3) is 5.91 Å². The third kappa shape index (κ3) is 5.38. The average Bonchev–Trinajstić information content (AvgIpc) is 3.54. The highest BCUT2D eigenvalue weighted by atomic mass is 19.4. The molecule has 9 nitrogen and oxygen atoms in total. The lowest BCUT2D eigenvalue weighted by Crippen LogP contribution is -2.26. The first-order valence-corrected chi connectivity index (χ1v) is 13.1. The number of carboxylic acid groups (broad SMARTS) is 1. The Morgan fingerprint density at radius 2 is 1.82 bits per heavy atom. The molecule has 1 N–H and O–H groups in total. The van der Waals surface area contributed by atoms with Gasteiger partial charge in [-0.05, 0) is 73.9 Å². The molecule has 2 aliphatic rings. The van der Waals surface area contributed by atoms with Crippen molar-refractivity contribution < 1.29 is 55.0 Å².